The molecule has 3 rings (SSSR count). The van der Waals surface area contributed by atoms with Crippen LogP contribution in [0, 0.1) is 6.92 Å². The summed E-state index contributed by atoms with van der Waals surface area (Å²) in [6.45, 7) is 1.96. The number of nitrogens with zero attached hydrogens (tertiary/aromatic N) is 1. The van der Waals surface area contributed by atoms with Crippen LogP contribution >= 0.6 is 11.3 Å². The van der Waals surface area contributed by atoms with E-state index in [4.69, 9.17) is 9.15 Å². The number of nitrogens with one attached hydrogen (secondary N) is 1. The molecule has 5 nitrogen and oxygen atoms in total. The number of thiazole rings is 1. The van der Waals surface area contributed by atoms with Crippen molar-refractivity contribution in [3.63, 3.8) is 0 Å². The molecule has 1 N–H and O–H groups in total. The first kappa shape index (κ1) is 16.3. The van der Waals surface area contributed by atoms with Gasteiger partial charge in [-0.25, -0.2) is 4.98 Å². The van der Waals surface area contributed by atoms with Crippen LogP contribution in [0.5, 0.6) is 5.75 Å². The first-order valence-electron chi connectivity index (χ1n) is 7.59. The highest BCUT2D eigenvalue weighted by atomic mass is 32.1. The first-order valence-corrected chi connectivity index (χ1v) is 8.41. The molecule has 3 aromatic rings. The number of methoxy groups -OCH3 is 1. The second-order valence-electron chi connectivity index (χ2n) is 5.32. The number of amides is 1. The van der Waals surface area contributed by atoms with Gasteiger partial charge in [0.1, 0.15) is 17.3 Å². The molecule has 1 amide bonds. The second-order valence-corrected chi connectivity index (χ2v) is 6.55. The number of furan rings is 1. The van der Waals surface area contributed by atoms with E-state index in [1.165, 1.54) is 11.3 Å². The number of aryl methyl sites for hydroxylation is 2. The maximum atomic E-state index is 11.9. The van der Waals surface area contributed by atoms with Gasteiger partial charge in [0.05, 0.1) is 7.11 Å². The highest BCUT2D eigenvalue weighted by Crippen LogP contribution is 2.25. The Bertz CT molecular complexity index is 821. The van der Waals surface area contributed by atoms with Crippen LogP contribution in [0.25, 0.3) is 11.3 Å². The molecule has 0 spiro atoms. The zero-order chi connectivity index (χ0) is 16.9. The van der Waals surface area contributed by atoms with Gasteiger partial charge in [0.2, 0.25) is 5.91 Å². The maximum Gasteiger partial charge on any atom is 0.226 e. The summed E-state index contributed by atoms with van der Waals surface area (Å²) in [5, 5.41) is 3.43. The minimum Gasteiger partial charge on any atom is -0.497 e. The van der Waals surface area contributed by atoms with E-state index in [1.807, 2.05) is 43.3 Å². The third-order valence-electron chi connectivity index (χ3n) is 3.50. The van der Waals surface area contributed by atoms with Crippen LogP contribution in [0.4, 0.5) is 5.13 Å². The predicted molar refractivity (Wildman–Crippen MR) is 94.5 cm³/mol. The molecule has 6 heteroatoms. The molecule has 2 aromatic heterocycles. The summed E-state index contributed by atoms with van der Waals surface area (Å²) >= 11 is 1.47. The summed E-state index contributed by atoms with van der Waals surface area (Å²) in [5.41, 5.74) is 0.977. The Balaban J connectivity index is 1.56. The monoisotopic (exact) mass is 342 g/mol. The maximum absolute atomic E-state index is 11.9. The zero-order valence-electron chi connectivity index (χ0n) is 13.5. The van der Waals surface area contributed by atoms with Crippen molar-refractivity contribution >= 4 is 22.4 Å². The van der Waals surface area contributed by atoms with Crippen molar-refractivity contribution in [2.24, 2.45) is 0 Å². The molecule has 24 heavy (non-hydrogen) atoms. The molecular weight excluding hydrogens is 324 g/mol. The highest BCUT2D eigenvalue weighted by molar-refractivity contribution is 7.15. The summed E-state index contributed by atoms with van der Waals surface area (Å²) in [6.07, 6.45) is 2.65. The molecule has 2 heterocycles. The van der Waals surface area contributed by atoms with Gasteiger partial charge >= 0.3 is 0 Å². The van der Waals surface area contributed by atoms with E-state index in [9.17, 15) is 4.79 Å². The Kier molecular flexibility index (Phi) is 4.96. The van der Waals surface area contributed by atoms with E-state index >= 15 is 0 Å². The fraction of sp³-hybridized carbons (Fsp3) is 0.222. The number of carbonyl (C=O) groups is 1. The smallest absolute Gasteiger partial charge is 0.226 e. The number of rotatable bonds is 6. The Morgan fingerprint density at radius 3 is 2.71 bits per heavy atom. The highest BCUT2D eigenvalue weighted by Gasteiger charge is 2.09. The fourth-order valence-electron chi connectivity index (χ4n) is 2.25. The van der Waals surface area contributed by atoms with E-state index in [0.717, 1.165) is 27.7 Å². The van der Waals surface area contributed by atoms with E-state index in [1.54, 1.807) is 13.3 Å². The van der Waals surface area contributed by atoms with Crippen LogP contribution < -0.4 is 10.1 Å². The zero-order valence-corrected chi connectivity index (χ0v) is 14.4. The van der Waals surface area contributed by atoms with Crippen molar-refractivity contribution in [1.82, 2.24) is 4.98 Å². The number of hydrogen-bond acceptors (Lipinski definition) is 5. The van der Waals surface area contributed by atoms with Gasteiger partial charge in [-0.2, -0.15) is 0 Å². The largest absolute Gasteiger partial charge is 0.497 e. The van der Waals surface area contributed by atoms with Crippen molar-refractivity contribution in [3.05, 3.63) is 53.2 Å². The molecule has 0 saturated carbocycles. The van der Waals surface area contributed by atoms with Crippen LogP contribution in [-0.4, -0.2) is 18.0 Å². The van der Waals surface area contributed by atoms with Gasteiger partial charge < -0.3 is 14.5 Å². The number of carbonyl (C=O) groups excluding carboxylic acids is 1. The Morgan fingerprint density at radius 1 is 1.25 bits per heavy atom. The van der Waals surface area contributed by atoms with Gasteiger partial charge in [-0.05, 0) is 43.3 Å². The average molecular weight is 342 g/mol. The molecular formula is C18H18N2O3S. The number of ether oxygens (including phenoxy) is 1. The van der Waals surface area contributed by atoms with Gasteiger partial charge in [-0.15, -0.1) is 11.3 Å². The lowest BCUT2D eigenvalue weighted by Gasteiger charge is -2.01. The molecule has 0 unspecified atom stereocenters. The number of anilines is 1. The lowest BCUT2D eigenvalue weighted by molar-refractivity contribution is -0.116. The van der Waals surface area contributed by atoms with Crippen molar-refractivity contribution in [2.45, 2.75) is 19.8 Å². The minimum atomic E-state index is -0.0632. The van der Waals surface area contributed by atoms with Crippen molar-refractivity contribution in [3.8, 4) is 17.1 Å². The molecule has 1 aromatic carbocycles. The SMILES string of the molecule is COc1ccc(-c2ccc(CCC(=O)Nc3ncc(C)s3)o2)cc1. The number of benzene rings is 1. The van der Waals surface area contributed by atoms with Crippen LogP contribution in [0.1, 0.15) is 17.1 Å². The van der Waals surface area contributed by atoms with E-state index in [2.05, 4.69) is 10.3 Å². The summed E-state index contributed by atoms with van der Waals surface area (Å²) in [5.74, 6) is 2.31. The summed E-state index contributed by atoms with van der Waals surface area (Å²) in [4.78, 5) is 17.1. The van der Waals surface area contributed by atoms with Crippen molar-refractivity contribution in [2.75, 3.05) is 12.4 Å². The third kappa shape index (κ3) is 4.02. The minimum absolute atomic E-state index is 0.0632. The Morgan fingerprint density at radius 2 is 2.04 bits per heavy atom. The molecule has 0 fully saturated rings. The third-order valence-corrected chi connectivity index (χ3v) is 4.33. The van der Waals surface area contributed by atoms with Gasteiger partial charge in [0.25, 0.3) is 0 Å². The van der Waals surface area contributed by atoms with E-state index in [0.29, 0.717) is 18.0 Å². The molecule has 0 aliphatic rings. The van der Waals surface area contributed by atoms with Gasteiger partial charge in [-0.1, -0.05) is 0 Å². The Hall–Kier alpha value is -2.60. The normalized spacial score (nSPS) is 10.6. The van der Waals surface area contributed by atoms with Crippen LogP contribution in [0.2, 0.25) is 0 Å². The molecule has 0 bridgehead atoms. The van der Waals surface area contributed by atoms with Crippen LogP contribution in [0.15, 0.2) is 47.0 Å². The molecule has 0 radical (unpaired) electrons. The standard InChI is InChI=1S/C18H18N2O3S/c1-12-11-19-18(24-12)20-17(21)10-8-15-7-9-16(23-15)13-3-5-14(22-2)6-4-13/h3-7,9,11H,8,10H2,1-2H3,(H,19,20,21). The molecule has 0 aliphatic heterocycles. The van der Waals surface area contributed by atoms with Gasteiger partial charge in [-0.3, -0.25) is 4.79 Å². The van der Waals surface area contributed by atoms with Crippen LogP contribution in [0.3, 0.4) is 0 Å². The average Bonchev–Trinajstić information content (AvgIpc) is 3.22. The van der Waals surface area contributed by atoms with Gasteiger partial charge in [0.15, 0.2) is 5.13 Å². The fourth-order valence-corrected chi connectivity index (χ4v) is 2.93. The number of hydrogen-bond donors (Lipinski definition) is 1. The molecule has 124 valence electrons. The number of aromatic nitrogens is 1. The van der Waals surface area contributed by atoms with E-state index < -0.39 is 0 Å². The van der Waals surface area contributed by atoms with Crippen LogP contribution in [-0.2, 0) is 11.2 Å². The lowest BCUT2D eigenvalue weighted by Crippen LogP contribution is -2.11. The molecule has 0 aliphatic carbocycles. The molecule has 0 atom stereocenters. The first-order chi connectivity index (χ1) is 11.6. The second kappa shape index (κ2) is 7.31. The van der Waals surface area contributed by atoms with Gasteiger partial charge in [0, 0.05) is 29.5 Å². The summed E-state index contributed by atoms with van der Waals surface area (Å²) in [6, 6.07) is 11.5. The lowest BCUT2D eigenvalue weighted by atomic mass is 10.2. The summed E-state index contributed by atoms with van der Waals surface area (Å²) < 4.78 is 11.0. The summed E-state index contributed by atoms with van der Waals surface area (Å²) in [7, 11) is 1.64. The van der Waals surface area contributed by atoms with Crippen molar-refractivity contribution < 1.29 is 13.9 Å². The quantitative estimate of drug-likeness (QED) is 0.726. The van der Waals surface area contributed by atoms with E-state index in [-0.39, 0.29) is 5.91 Å². The topological polar surface area (TPSA) is 64.4 Å². The Labute approximate surface area is 144 Å². The molecule has 0 saturated heterocycles. The van der Waals surface area contributed by atoms with Crippen molar-refractivity contribution in [1.29, 1.82) is 0 Å². The predicted octanol–water partition coefficient (Wildman–Crippen LogP) is 4.29.